The van der Waals surface area contributed by atoms with Crippen molar-refractivity contribution in [2.24, 2.45) is 0 Å². The van der Waals surface area contributed by atoms with Gasteiger partial charge in [-0.1, -0.05) is 30.3 Å². The number of hydrogen-bond acceptors (Lipinski definition) is 4. The predicted molar refractivity (Wildman–Crippen MR) is 79.7 cm³/mol. The average Bonchev–Trinajstić information content (AvgIpc) is 2.87. The third-order valence-corrected chi connectivity index (χ3v) is 3.72. The second-order valence-electron chi connectivity index (χ2n) is 4.37. The van der Waals surface area contributed by atoms with E-state index in [1.807, 2.05) is 54.1 Å². The molecule has 4 nitrogen and oxygen atoms in total. The van der Waals surface area contributed by atoms with Gasteiger partial charge in [0, 0.05) is 11.8 Å². The maximum atomic E-state index is 9.36. The fraction of sp³-hybridized carbons (Fsp3) is 0.133. The van der Waals surface area contributed by atoms with Gasteiger partial charge >= 0.3 is 0 Å². The van der Waals surface area contributed by atoms with Gasteiger partial charge in [0.25, 0.3) is 0 Å². The Morgan fingerprint density at radius 3 is 2.60 bits per heavy atom. The monoisotopic (exact) mass is 280 g/mol. The van der Waals surface area contributed by atoms with Crippen LogP contribution in [0.3, 0.4) is 0 Å². The van der Waals surface area contributed by atoms with Crippen LogP contribution in [0, 0.1) is 18.3 Å². The average molecular weight is 280 g/mol. The largest absolute Gasteiger partial charge is 0.282 e. The molecule has 0 saturated carbocycles. The zero-order chi connectivity index (χ0) is 14.1. The van der Waals surface area contributed by atoms with Gasteiger partial charge in [-0.15, -0.1) is 11.8 Å². The molecule has 2 aromatic heterocycles. The molecule has 2 heterocycles. The van der Waals surface area contributed by atoms with E-state index in [9.17, 15) is 5.26 Å². The Hall–Kier alpha value is -2.32. The Morgan fingerprint density at radius 1 is 1.20 bits per heavy atom. The summed E-state index contributed by atoms with van der Waals surface area (Å²) in [6.45, 7) is 1.92. The molecule has 0 aliphatic heterocycles. The first-order valence-electron chi connectivity index (χ1n) is 6.14. The van der Waals surface area contributed by atoms with Gasteiger partial charge in [0.05, 0.1) is 5.69 Å². The van der Waals surface area contributed by atoms with Gasteiger partial charge in [-0.05, 0) is 13.2 Å². The second-order valence-corrected chi connectivity index (χ2v) is 5.17. The van der Waals surface area contributed by atoms with Crippen molar-refractivity contribution in [3.05, 3.63) is 47.8 Å². The fourth-order valence-electron chi connectivity index (χ4n) is 2.17. The summed E-state index contributed by atoms with van der Waals surface area (Å²) in [6, 6.07) is 12.2. The van der Waals surface area contributed by atoms with Gasteiger partial charge in [-0.25, -0.2) is 9.97 Å². The molecule has 0 atom stereocenters. The molecule has 5 heteroatoms. The van der Waals surface area contributed by atoms with E-state index in [2.05, 4.69) is 16.0 Å². The van der Waals surface area contributed by atoms with Crippen LogP contribution in [0.1, 0.15) is 11.3 Å². The summed E-state index contributed by atoms with van der Waals surface area (Å²) in [7, 11) is 0. The Kier molecular flexibility index (Phi) is 3.17. The number of benzene rings is 1. The number of aryl methyl sites for hydroxylation is 1. The van der Waals surface area contributed by atoms with Gasteiger partial charge in [-0.3, -0.25) is 4.40 Å². The molecule has 0 bridgehead atoms. The maximum absolute atomic E-state index is 9.36. The Labute approximate surface area is 121 Å². The fourth-order valence-corrected chi connectivity index (χ4v) is 2.69. The van der Waals surface area contributed by atoms with Crippen LogP contribution in [0.15, 0.2) is 41.6 Å². The first-order valence-corrected chi connectivity index (χ1v) is 7.36. The summed E-state index contributed by atoms with van der Waals surface area (Å²) in [6.07, 6.45) is 3.83. The smallest absolute Gasteiger partial charge is 0.159 e. The minimum absolute atomic E-state index is 0.533. The summed E-state index contributed by atoms with van der Waals surface area (Å²) >= 11 is 1.47. The van der Waals surface area contributed by atoms with E-state index in [-0.39, 0.29) is 0 Å². The Balaban J connectivity index is 2.41. The minimum atomic E-state index is 0.533. The number of imidazole rings is 1. The second kappa shape index (κ2) is 4.99. The molecule has 0 amide bonds. The Bertz CT molecular complexity index is 815. The van der Waals surface area contributed by atoms with Crippen molar-refractivity contribution in [2.45, 2.75) is 11.9 Å². The lowest BCUT2D eigenvalue weighted by atomic mass is 10.2. The van der Waals surface area contributed by atoms with E-state index >= 15 is 0 Å². The van der Waals surface area contributed by atoms with Crippen molar-refractivity contribution in [3.8, 4) is 17.5 Å². The number of nitrogens with zero attached hydrogens (tertiary/aromatic N) is 4. The van der Waals surface area contributed by atoms with Gasteiger partial charge in [0.1, 0.15) is 22.5 Å². The van der Waals surface area contributed by atoms with Crippen LogP contribution in [-0.2, 0) is 0 Å². The SMILES string of the molecule is CSc1nc(-c2ccccc2)n2cc(C)nc2c1C#N. The topological polar surface area (TPSA) is 54.0 Å². The van der Waals surface area contributed by atoms with Crippen LogP contribution in [-0.4, -0.2) is 20.6 Å². The molecule has 0 spiro atoms. The van der Waals surface area contributed by atoms with Crippen LogP contribution < -0.4 is 0 Å². The number of fused-ring (bicyclic) bond motifs is 1. The lowest BCUT2D eigenvalue weighted by Crippen LogP contribution is -2.00. The summed E-state index contributed by atoms with van der Waals surface area (Å²) in [5.74, 6) is 0.810. The molecule has 0 aliphatic rings. The van der Waals surface area contributed by atoms with E-state index < -0.39 is 0 Å². The van der Waals surface area contributed by atoms with E-state index in [1.165, 1.54) is 11.8 Å². The zero-order valence-corrected chi connectivity index (χ0v) is 12.0. The number of aromatic nitrogens is 3. The van der Waals surface area contributed by atoms with Crippen LogP contribution >= 0.6 is 11.8 Å². The minimum Gasteiger partial charge on any atom is -0.282 e. The zero-order valence-electron chi connectivity index (χ0n) is 11.2. The molecule has 98 valence electrons. The molecule has 1 aromatic carbocycles. The van der Waals surface area contributed by atoms with E-state index in [4.69, 9.17) is 0 Å². The highest BCUT2D eigenvalue weighted by atomic mass is 32.2. The lowest BCUT2D eigenvalue weighted by molar-refractivity contribution is 1.01. The van der Waals surface area contributed by atoms with E-state index in [1.54, 1.807) is 0 Å². The first kappa shape index (κ1) is 12.7. The van der Waals surface area contributed by atoms with Crippen molar-refractivity contribution in [1.82, 2.24) is 14.4 Å². The lowest BCUT2D eigenvalue weighted by Gasteiger charge is -2.08. The first-order chi connectivity index (χ1) is 9.74. The van der Waals surface area contributed by atoms with Crippen LogP contribution in [0.5, 0.6) is 0 Å². The maximum Gasteiger partial charge on any atom is 0.159 e. The van der Waals surface area contributed by atoms with Gasteiger partial charge in [-0.2, -0.15) is 5.26 Å². The van der Waals surface area contributed by atoms with Crippen LogP contribution in [0.2, 0.25) is 0 Å². The molecular formula is C15H12N4S. The number of thioether (sulfide) groups is 1. The molecule has 0 saturated heterocycles. The highest BCUT2D eigenvalue weighted by Crippen LogP contribution is 2.27. The molecule has 3 aromatic rings. The number of rotatable bonds is 2. The van der Waals surface area contributed by atoms with Gasteiger partial charge in [0.15, 0.2) is 5.65 Å². The third kappa shape index (κ3) is 1.95. The summed E-state index contributed by atoms with van der Waals surface area (Å²) in [5, 5.41) is 10.1. The molecule has 0 fully saturated rings. The Morgan fingerprint density at radius 2 is 1.95 bits per heavy atom. The summed E-state index contributed by atoms with van der Waals surface area (Å²) in [5.41, 5.74) is 3.09. The molecule has 0 N–H and O–H groups in total. The van der Waals surface area contributed by atoms with Crippen LogP contribution in [0.4, 0.5) is 0 Å². The molecule has 0 radical (unpaired) electrons. The van der Waals surface area contributed by atoms with Crippen molar-refractivity contribution in [2.75, 3.05) is 6.26 Å². The molecule has 3 rings (SSSR count). The quantitative estimate of drug-likeness (QED) is 0.534. The van der Waals surface area contributed by atoms with E-state index in [0.29, 0.717) is 16.2 Å². The molecule has 0 unspecified atom stereocenters. The highest BCUT2D eigenvalue weighted by molar-refractivity contribution is 7.98. The van der Waals surface area contributed by atoms with Gasteiger partial charge in [0.2, 0.25) is 0 Å². The van der Waals surface area contributed by atoms with Crippen LogP contribution in [0.25, 0.3) is 17.0 Å². The number of nitriles is 1. The predicted octanol–water partition coefficient (Wildman–Crippen LogP) is 3.30. The summed E-state index contributed by atoms with van der Waals surface area (Å²) in [4.78, 5) is 9.10. The van der Waals surface area contributed by atoms with Crippen molar-refractivity contribution >= 4 is 17.4 Å². The third-order valence-electron chi connectivity index (χ3n) is 3.04. The normalized spacial score (nSPS) is 10.7. The highest BCUT2D eigenvalue weighted by Gasteiger charge is 2.16. The molecule has 0 aliphatic carbocycles. The summed E-state index contributed by atoms with van der Waals surface area (Å²) < 4.78 is 1.89. The van der Waals surface area contributed by atoms with Crippen molar-refractivity contribution in [3.63, 3.8) is 0 Å². The van der Waals surface area contributed by atoms with Crippen molar-refractivity contribution in [1.29, 1.82) is 5.26 Å². The standard InChI is InChI=1S/C15H12N4S/c1-10-9-19-13(11-6-4-3-5-7-11)18-15(20-2)12(8-16)14(19)17-10/h3-7,9H,1-2H3. The van der Waals surface area contributed by atoms with Crippen molar-refractivity contribution < 1.29 is 0 Å². The molecule has 20 heavy (non-hydrogen) atoms. The molecular weight excluding hydrogens is 268 g/mol. The van der Waals surface area contributed by atoms with Gasteiger partial charge < -0.3 is 0 Å². The van der Waals surface area contributed by atoms with E-state index in [0.717, 1.165) is 17.1 Å². The number of hydrogen-bond donors (Lipinski definition) is 0.